The van der Waals surface area contributed by atoms with Gasteiger partial charge in [0.15, 0.2) is 0 Å². The molecular weight excluding hydrogens is 462 g/mol. The molecule has 3 rings (SSSR count). The Labute approximate surface area is 184 Å². The van der Waals surface area contributed by atoms with E-state index in [2.05, 4.69) is 5.32 Å². The van der Waals surface area contributed by atoms with Crippen LogP contribution in [0.15, 0.2) is 24.3 Å². The summed E-state index contributed by atoms with van der Waals surface area (Å²) in [6, 6.07) is -0.839. The predicted octanol–water partition coefficient (Wildman–Crippen LogP) is 5.26. The summed E-state index contributed by atoms with van der Waals surface area (Å²) in [5.41, 5.74) is -3.15. The van der Waals surface area contributed by atoms with E-state index in [0.29, 0.717) is 37.1 Å². The van der Waals surface area contributed by atoms with Crippen molar-refractivity contribution in [2.75, 3.05) is 0 Å². The number of nitrogens with zero attached hydrogens (tertiary/aromatic N) is 1. The van der Waals surface area contributed by atoms with Crippen LogP contribution < -0.4 is 10.6 Å². The molecule has 2 N–H and O–H groups in total. The number of alkyl halides is 8. The molecule has 33 heavy (non-hydrogen) atoms. The standard InChI is InChI=1S/C21H21F8N3O/c22-19(23,9-12-1-2-12)10-15(17(33)32-18(11-30)7-8-18)31-16(21(27,28)29)13-3-5-14(6-4-13)20(24,25)26/h3-6,12,15-16,31H,1-2,7-10H2,(H,32,33)/t15?,16-/m0/s1. The first-order valence-electron chi connectivity index (χ1n) is 10.3. The Balaban J connectivity index is 1.86. The van der Waals surface area contributed by atoms with Crippen molar-refractivity contribution < 1.29 is 39.9 Å². The zero-order valence-corrected chi connectivity index (χ0v) is 17.2. The summed E-state index contributed by atoms with van der Waals surface area (Å²) in [7, 11) is 0. The summed E-state index contributed by atoms with van der Waals surface area (Å²) in [6.07, 6.45) is -10.1. The summed E-state index contributed by atoms with van der Waals surface area (Å²) in [4.78, 5) is 12.6. The molecule has 4 nitrogen and oxygen atoms in total. The molecule has 0 aliphatic heterocycles. The number of amides is 1. The minimum atomic E-state index is -5.10. The van der Waals surface area contributed by atoms with Crippen molar-refractivity contribution in [1.29, 1.82) is 5.26 Å². The highest BCUT2D eigenvalue weighted by Gasteiger charge is 2.50. The molecule has 0 heterocycles. The fraction of sp³-hybridized carbons (Fsp3) is 0.619. The first-order valence-corrected chi connectivity index (χ1v) is 10.3. The molecule has 1 unspecified atom stereocenters. The molecule has 1 aromatic rings. The number of hydrogen-bond donors (Lipinski definition) is 2. The predicted molar refractivity (Wildman–Crippen MR) is 99.8 cm³/mol. The molecule has 0 bridgehead atoms. The van der Waals surface area contributed by atoms with Gasteiger partial charge in [-0.2, -0.15) is 31.6 Å². The Morgan fingerprint density at radius 1 is 1.06 bits per heavy atom. The van der Waals surface area contributed by atoms with Crippen molar-refractivity contribution in [3.05, 3.63) is 35.4 Å². The van der Waals surface area contributed by atoms with Crippen LogP contribution in [0.5, 0.6) is 0 Å². The average molecular weight is 483 g/mol. The Morgan fingerprint density at radius 2 is 1.64 bits per heavy atom. The Bertz CT molecular complexity index is 896. The van der Waals surface area contributed by atoms with E-state index in [1.807, 2.05) is 5.32 Å². The third-order valence-corrected chi connectivity index (χ3v) is 5.70. The lowest BCUT2D eigenvalue weighted by Crippen LogP contribution is -2.53. The lowest BCUT2D eigenvalue weighted by atomic mass is 9.98. The molecule has 2 fully saturated rings. The van der Waals surface area contributed by atoms with Gasteiger partial charge < -0.3 is 5.32 Å². The van der Waals surface area contributed by atoms with E-state index in [0.717, 1.165) is 0 Å². The molecule has 2 saturated carbocycles. The van der Waals surface area contributed by atoms with Gasteiger partial charge in [0.25, 0.3) is 0 Å². The summed E-state index contributed by atoms with van der Waals surface area (Å²) < 4.78 is 109. The van der Waals surface area contributed by atoms with Crippen LogP contribution in [0, 0.1) is 17.2 Å². The van der Waals surface area contributed by atoms with Gasteiger partial charge >= 0.3 is 12.4 Å². The first kappa shape index (κ1) is 25.2. The largest absolute Gasteiger partial charge is 0.416 e. The highest BCUT2D eigenvalue weighted by atomic mass is 19.4. The van der Waals surface area contributed by atoms with Crippen LogP contribution in [0.1, 0.15) is 55.7 Å². The SMILES string of the molecule is N#CC1(NC(=O)C(CC(F)(F)CC2CC2)N[C@@H](c2ccc(C(F)(F)F)cc2)C(F)(F)F)CC1. The number of halogens is 8. The van der Waals surface area contributed by atoms with E-state index in [4.69, 9.17) is 5.26 Å². The minimum Gasteiger partial charge on any atom is -0.336 e. The van der Waals surface area contributed by atoms with Gasteiger partial charge in [0.2, 0.25) is 11.8 Å². The molecular formula is C21H21F8N3O. The number of carbonyl (C=O) groups excluding carboxylic acids is 1. The average Bonchev–Trinajstić information content (AvgIpc) is 3.61. The van der Waals surface area contributed by atoms with Gasteiger partial charge in [0.1, 0.15) is 11.6 Å². The maximum Gasteiger partial charge on any atom is 0.416 e. The Hall–Kier alpha value is -2.42. The Morgan fingerprint density at radius 3 is 2.06 bits per heavy atom. The smallest absolute Gasteiger partial charge is 0.336 e. The second kappa shape index (κ2) is 8.74. The monoisotopic (exact) mass is 483 g/mol. The quantitative estimate of drug-likeness (QED) is 0.471. The topological polar surface area (TPSA) is 64.9 Å². The van der Waals surface area contributed by atoms with Gasteiger partial charge in [-0.15, -0.1) is 0 Å². The summed E-state index contributed by atoms with van der Waals surface area (Å²) in [6.45, 7) is 0. The van der Waals surface area contributed by atoms with Crippen molar-refractivity contribution in [1.82, 2.24) is 10.6 Å². The number of hydrogen-bond acceptors (Lipinski definition) is 3. The highest BCUT2D eigenvalue weighted by Crippen LogP contribution is 2.42. The molecule has 0 radical (unpaired) electrons. The van der Waals surface area contributed by atoms with Crippen molar-refractivity contribution in [3.63, 3.8) is 0 Å². The van der Waals surface area contributed by atoms with Crippen molar-refractivity contribution in [2.24, 2.45) is 5.92 Å². The van der Waals surface area contributed by atoms with E-state index < -0.39 is 65.8 Å². The molecule has 182 valence electrons. The van der Waals surface area contributed by atoms with E-state index >= 15 is 0 Å². The molecule has 1 aromatic carbocycles. The van der Waals surface area contributed by atoms with Gasteiger partial charge in [-0.1, -0.05) is 12.1 Å². The molecule has 2 aliphatic carbocycles. The van der Waals surface area contributed by atoms with E-state index in [1.54, 1.807) is 6.07 Å². The van der Waals surface area contributed by atoms with Crippen LogP contribution in [-0.2, 0) is 11.0 Å². The van der Waals surface area contributed by atoms with Crippen molar-refractivity contribution in [2.45, 2.75) is 74.4 Å². The van der Waals surface area contributed by atoms with Gasteiger partial charge in [-0.25, -0.2) is 8.78 Å². The number of nitrogens with one attached hydrogen (secondary N) is 2. The van der Waals surface area contributed by atoms with Crippen LogP contribution >= 0.6 is 0 Å². The zero-order valence-electron chi connectivity index (χ0n) is 17.2. The van der Waals surface area contributed by atoms with Gasteiger partial charge in [0.05, 0.1) is 17.7 Å². The summed E-state index contributed by atoms with van der Waals surface area (Å²) in [5.74, 6) is -4.91. The molecule has 2 aliphatic rings. The molecule has 0 saturated heterocycles. The molecule has 0 spiro atoms. The lowest BCUT2D eigenvalue weighted by Gasteiger charge is -2.30. The van der Waals surface area contributed by atoms with Gasteiger partial charge in [-0.3, -0.25) is 10.1 Å². The number of nitriles is 1. The first-order chi connectivity index (χ1) is 15.1. The minimum absolute atomic E-state index is 0.238. The maximum atomic E-state index is 14.5. The number of rotatable bonds is 9. The summed E-state index contributed by atoms with van der Waals surface area (Å²) >= 11 is 0. The molecule has 0 aromatic heterocycles. The van der Waals surface area contributed by atoms with Crippen LogP contribution in [0.3, 0.4) is 0 Å². The number of benzene rings is 1. The fourth-order valence-electron chi connectivity index (χ4n) is 3.51. The highest BCUT2D eigenvalue weighted by molar-refractivity contribution is 5.83. The second-order valence-electron chi connectivity index (χ2n) is 8.70. The normalized spacial score (nSPS) is 20.0. The van der Waals surface area contributed by atoms with Gasteiger partial charge in [0, 0.05) is 12.8 Å². The maximum absolute atomic E-state index is 14.5. The van der Waals surface area contributed by atoms with Crippen LogP contribution in [-0.4, -0.2) is 29.6 Å². The molecule has 1 amide bonds. The van der Waals surface area contributed by atoms with Crippen LogP contribution in [0.25, 0.3) is 0 Å². The van der Waals surface area contributed by atoms with E-state index in [9.17, 15) is 39.9 Å². The van der Waals surface area contributed by atoms with Gasteiger partial charge in [-0.05, 0) is 49.3 Å². The number of carbonyl (C=O) groups is 1. The molecule has 12 heteroatoms. The van der Waals surface area contributed by atoms with E-state index in [1.165, 1.54) is 0 Å². The van der Waals surface area contributed by atoms with Crippen LogP contribution in [0.4, 0.5) is 35.1 Å². The fourth-order valence-corrected chi connectivity index (χ4v) is 3.51. The molecule has 2 atom stereocenters. The second-order valence-corrected chi connectivity index (χ2v) is 8.70. The van der Waals surface area contributed by atoms with Crippen molar-refractivity contribution in [3.8, 4) is 6.07 Å². The van der Waals surface area contributed by atoms with Crippen molar-refractivity contribution >= 4 is 5.91 Å². The Kier molecular flexibility index (Phi) is 6.68. The van der Waals surface area contributed by atoms with Crippen LogP contribution in [0.2, 0.25) is 0 Å². The third kappa shape index (κ3) is 6.79. The summed E-state index contributed by atoms with van der Waals surface area (Å²) in [5, 5.41) is 13.2. The third-order valence-electron chi connectivity index (χ3n) is 5.70. The zero-order chi connectivity index (χ0) is 24.7. The lowest BCUT2D eigenvalue weighted by molar-refractivity contribution is -0.163. The van der Waals surface area contributed by atoms with E-state index in [-0.39, 0.29) is 18.8 Å².